The maximum atomic E-state index is 10.8. The highest BCUT2D eigenvalue weighted by Gasteiger charge is 2.22. The molecule has 0 aromatic heterocycles. The van der Waals surface area contributed by atoms with Crippen LogP contribution in [0.3, 0.4) is 0 Å². The molecule has 0 radical (unpaired) electrons. The Labute approximate surface area is 112 Å². The van der Waals surface area contributed by atoms with Crippen LogP contribution in [0.25, 0.3) is 0 Å². The molecule has 0 aliphatic heterocycles. The third-order valence-electron chi connectivity index (χ3n) is 3.78. The van der Waals surface area contributed by atoms with Crippen molar-refractivity contribution in [3.63, 3.8) is 0 Å². The first-order chi connectivity index (χ1) is 9.11. The molecule has 1 fully saturated rings. The second-order valence-electron chi connectivity index (χ2n) is 5.11. The quantitative estimate of drug-likeness (QED) is 0.666. The molecular weight excluding hydrogens is 242 g/mol. The van der Waals surface area contributed by atoms with Gasteiger partial charge in [-0.3, -0.25) is 10.1 Å². The summed E-state index contributed by atoms with van der Waals surface area (Å²) >= 11 is 0. The summed E-state index contributed by atoms with van der Waals surface area (Å²) in [6.07, 6.45) is 4.79. The molecule has 0 bridgehead atoms. The van der Waals surface area contributed by atoms with Crippen LogP contribution in [0, 0.1) is 27.4 Å². The number of anilines is 1. The third-order valence-corrected chi connectivity index (χ3v) is 3.78. The number of rotatable bonds is 3. The summed E-state index contributed by atoms with van der Waals surface area (Å²) in [5, 5.41) is 23.1. The Morgan fingerprint density at radius 3 is 2.79 bits per heavy atom. The van der Waals surface area contributed by atoms with E-state index in [1.807, 2.05) is 6.07 Å². The maximum absolute atomic E-state index is 10.8. The van der Waals surface area contributed by atoms with E-state index in [-0.39, 0.29) is 11.3 Å². The van der Waals surface area contributed by atoms with Gasteiger partial charge in [0.2, 0.25) is 0 Å². The average Bonchev–Trinajstić information content (AvgIpc) is 2.41. The van der Waals surface area contributed by atoms with Crippen molar-refractivity contribution < 1.29 is 4.92 Å². The second-order valence-corrected chi connectivity index (χ2v) is 5.11. The highest BCUT2D eigenvalue weighted by molar-refractivity contribution is 5.59. The molecule has 2 rings (SSSR count). The molecule has 5 nitrogen and oxygen atoms in total. The van der Waals surface area contributed by atoms with Gasteiger partial charge in [0, 0.05) is 17.8 Å². The SMILES string of the molecule is CC1CCCCC1Nc1ccc([N+](=O)[O-])c(C#N)c1. The molecule has 0 amide bonds. The van der Waals surface area contributed by atoms with E-state index in [1.165, 1.54) is 25.3 Å². The van der Waals surface area contributed by atoms with Gasteiger partial charge < -0.3 is 5.32 Å². The summed E-state index contributed by atoms with van der Waals surface area (Å²) in [5.74, 6) is 0.592. The number of nitrogens with one attached hydrogen (secondary N) is 1. The first kappa shape index (κ1) is 13.3. The Kier molecular flexibility index (Phi) is 4.00. The van der Waals surface area contributed by atoms with Crippen LogP contribution < -0.4 is 5.32 Å². The molecule has 19 heavy (non-hydrogen) atoms. The molecule has 5 heteroatoms. The lowest BCUT2D eigenvalue weighted by Crippen LogP contribution is -2.30. The lowest BCUT2D eigenvalue weighted by atomic mass is 9.86. The monoisotopic (exact) mass is 259 g/mol. The fourth-order valence-corrected chi connectivity index (χ4v) is 2.62. The standard InChI is InChI=1S/C14H17N3O2/c1-10-4-2-3-5-13(10)16-12-6-7-14(17(18)19)11(8-12)9-15/h6-8,10,13,16H,2-5H2,1H3. The molecule has 100 valence electrons. The number of nitrogens with zero attached hydrogens (tertiary/aromatic N) is 2. The number of nitriles is 1. The van der Waals surface area contributed by atoms with E-state index in [4.69, 9.17) is 5.26 Å². The Hall–Kier alpha value is -2.09. The van der Waals surface area contributed by atoms with Gasteiger partial charge in [0.1, 0.15) is 11.6 Å². The van der Waals surface area contributed by atoms with E-state index in [0.29, 0.717) is 12.0 Å². The van der Waals surface area contributed by atoms with Gasteiger partial charge in [0.25, 0.3) is 5.69 Å². The molecule has 1 aliphatic carbocycles. The van der Waals surface area contributed by atoms with Crippen molar-refractivity contribution >= 4 is 11.4 Å². The number of hydrogen-bond donors (Lipinski definition) is 1. The van der Waals surface area contributed by atoms with E-state index >= 15 is 0 Å². The van der Waals surface area contributed by atoms with Crippen LogP contribution in [-0.2, 0) is 0 Å². The lowest BCUT2D eigenvalue weighted by Gasteiger charge is -2.30. The van der Waals surface area contributed by atoms with Crippen LogP contribution in [0.4, 0.5) is 11.4 Å². The second kappa shape index (κ2) is 5.70. The van der Waals surface area contributed by atoms with Crippen LogP contribution >= 0.6 is 0 Å². The molecule has 1 aromatic rings. The zero-order valence-electron chi connectivity index (χ0n) is 10.9. The van der Waals surface area contributed by atoms with Crippen molar-refractivity contribution in [3.05, 3.63) is 33.9 Å². The summed E-state index contributed by atoms with van der Waals surface area (Å²) in [7, 11) is 0. The maximum Gasteiger partial charge on any atom is 0.287 e. The van der Waals surface area contributed by atoms with Crippen molar-refractivity contribution in [1.82, 2.24) is 0 Å². The molecule has 2 atom stereocenters. The zero-order valence-corrected chi connectivity index (χ0v) is 10.9. The summed E-state index contributed by atoms with van der Waals surface area (Å²) in [4.78, 5) is 10.2. The van der Waals surface area contributed by atoms with Gasteiger partial charge in [-0.2, -0.15) is 5.26 Å². The smallest absolute Gasteiger partial charge is 0.287 e. The summed E-state index contributed by atoms with van der Waals surface area (Å²) < 4.78 is 0. The number of hydrogen-bond acceptors (Lipinski definition) is 4. The van der Waals surface area contributed by atoms with E-state index in [2.05, 4.69) is 12.2 Å². The largest absolute Gasteiger partial charge is 0.382 e. The van der Waals surface area contributed by atoms with Crippen molar-refractivity contribution in [3.8, 4) is 6.07 Å². The normalized spacial score (nSPS) is 22.5. The van der Waals surface area contributed by atoms with Crippen LogP contribution in [0.5, 0.6) is 0 Å². The highest BCUT2D eigenvalue weighted by Crippen LogP contribution is 2.28. The summed E-state index contributed by atoms with van der Waals surface area (Å²) in [6, 6.07) is 6.92. The van der Waals surface area contributed by atoms with E-state index in [0.717, 1.165) is 12.1 Å². The molecule has 0 saturated heterocycles. The molecule has 1 N–H and O–H groups in total. The van der Waals surface area contributed by atoms with Gasteiger partial charge in [-0.15, -0.1) is 0 Å². The van der Waals surface area contributed by atoms with Crippen molar-refractivity contribution in [2.75, 3.05) is 5.32 Å². The van der Waals surface area contributed by atoms with Gasteiger partial charge in [0.05, 0.1) is 4.92 Å². The first-order valence-corrected chi connectivity index (χ1v) is 6.57. The Bertz CT molecular complexity index is 522. The number of benzene rings is 1. The molecular formula is C14H17N3O2. The van der Waals surface area contributed by atoms with Gasteiger partial charge in [-0.05, 0) is 30.9 Å². The van der Waals surface area contributed by atoms with Gasteiger partial charge >= 0.3 is 0 Å². The van der Waals surface area contributed by atoms with Gasteiger partial charge in [-0.25, -0.2) is 0 Å². The Morgan fingerprint density at radius 1 is 1.42 bits per heavy atom. The van der Waals surface area contributed by atoms with E-state index in [1.54, 1.807) is 12.1 Å². The lowest BCUT2D eigenvalue weighted by molar-refractivity contribution is -0.385. The van der Waals surface area contributed by atoms with Crippen molar-refractivity contribution in [1.29, 1.82) is 5.26 Å². The molecule has 0 spiro atoms. The van der Waals surface area contributed by atoms with Gasteiger partial charge in [-0.1, -0.05) is 19.8 Å². The summed E-state index contributed by atoms with van der Waals surface area (Å²) in [5.41, 5.74) is 0.768. The van der Waals surface area contributed by atoms with Crippen molar-refractivity contribution in [2.45, 2.75) is 38.6 Å². The van der Waals surface area contributed by atoms with Crippen LogP contribution in [0.15, 0.2) is 18.2 Å². The molecule has 1 aromatic carbocycles. The topological polar surface area (TPSA) is 79.0 Å². The molecule has 1 saturated carbocycles. The Morgan fingerprint density at radius 2 is 2.16 bits per heavy atom. The minimum absolute atomic E-state index is 0.110. The average molecular weight is 259 g/mol. The minimum Gasteiger partial charge on any atom is -0.382 e. The fourth-order valence-electron chi connectivity index (χ4n) is 2.62. The molecule has 2 unspecified atom stereocenters. The van der Waals surface area contributed by atoms with E-state index in [9.17, 15) is 10.1 Å². The zero-order chi connectivity index (χ0) is 13.8. The van der Waals surface area contributed by atoms with Crippen LogP contribution in [0.1, 0.15) is 38.2 Å². The van der Waals surface area contributed by atoms with Crippen LogP contribution in [0.2, 0.25) is 0 Å². The first-order valence-electron chi connectivity index (χ1n) is 6.57. The number of nitro groups is 1. The predicted octanol–water partition coefficient (Wildman–Crippen LogP) is 3.46. The predicted molar refractivity (Wildman–Crippen MR) is 72.9 cm³/mol. The Balaban J connectivity index is 2.17. The van der Waals surface area contributed by atoms with Gasteiger partial charge in [0.15, 0.2) is 0 Å². The molecule has 0 heterocycles. The van der Waals surface area contributed by atoms with Crippen molar-refractivity contribution in [2.24, 2.45) is 5.92 Å². The minimum atomic E-state index is -0.522. The highest BCUT2D eigenvalue weighted by atomic mass is 16.6. The van der Waals surface area contributed by atoms with Crippen LogP contribution in [-0.4, -0.2) is 11.0 Å². The number of nitro benzene ring substituents is 1. The molecule has 1 aliphatic rings. The fraction of sp³-hybridized carbons (Fsp3) is 0.500. The van der Waals surface area contributed by atoms with E-state index < -0.39 is 4.92 Å². The third kappa shape index (κ3) is 3.02. The summed E-state index contributed by atoms with van der Waals surface area (Å²) in [6.45, 7) is 2.22.